The summed E-state index contributed by atoms with van der Waals surface area (Å²) in [6, 6.07) is 0. The maximum Gasteiger partial charge on any atom is 0.309 e. The lowest BCUT2D eigenvalue weighted by Gasteiger charge is -2.15. The van der Waals surface area contributed by atoms with Gasteiger partial charge in [0.1, 0.15) is 6.29 Å². The molecular formula is C11H18O3. The highest BCUT2D eigenvalue weighted by atomic mass is 16.5. The van der Waals surface area contributed by atoms with E-state index in [9.17, 15) is 9.59 Å². The van der Waals surface area contributed by atoms with Crippen molar-refractivity contribution in [3.63, 3.8) is 0 Å². The van der Waals surface area contributed by atoms with E-state index >= 15 is 0 Å². The Morgan fingerprint density at radius 3 is 2.64 bits per heavy atom. The molecule has 3 unspecified atom stereocenters. The molecule has 1 rings (SSSR count). The van der Waals surface area contributed by atoms with Crippen LogP contribution in [-0.2, 0) is 14.3 Å². The average Bonchev–Trinajstić information content (AvgIpc) is 2.61. The van der Waals surface area contributed by atoms with Gasteiger partial charge in [0.15, 0.2) is 0 Å². The zero-order valence-corrected chi connectivity index (χ0v) is 8.86. The van der Waals surface area contributed by atoms with E-state index in [0.29, 0.717) is 18.9 Å². The lowest BCUT2D eigenvalue weighted by Crippen LogP contribution is -2.21. The zero-order chi connectivity index (χ0) is 10.6. The van der Waals surface area contributed by atoms with Gasteiger partial charge in [0.25, 0.3) is 0 Å². The van der Waals surface area contributed by atoms with E-state index in [0.717, 1.165) is 19.1 Å². The minimum atomic E-state index is -0.122. The molecule has 3 atom stereocenters. The molecule has 1 saturated carbocycles. The number of hydrogen-bond acceptors (Lipinski definition) is 3. The molecule has 0 bridgehead atoms. The molecule has 0 aromatic heterocycles. The number of aldehydes is 1. The molecule has 80 valence electrons. The molecule has 0 aromatic carbocycles. The van der Waals surface area contributed by atoms with E-state index in [1.807, 2.05) is 6.92 Å². The van der Waals surface area contributed by atoms with Crippen LogP contribution in [0.2, 0.25) is 0 Å². The summed E-state index contributed by atoms with van der Waals surface area (Å²) < 4.78 is 5.00. The Hall–Kier alpha value is -0.860. The summed E-state index contributed by atoms with van der Waals surface area (Å²) in [5.74, 6) is 0.234. The van der Waals surface area contributed by atoms with Crippen LogP contribution >= 0.6 is 0 Å². The van der Waals surface area contributed by atoms with Gasteiger partial charge in [0.2, 0.25) is 0 Å². The first-order chi connectivity index (χ1) is 6.72. The maximum atomic E-state index is 11.5. The summed E-state index contributed by atoms with van der Waals surface area (Å²) in [6.07, 6.45) is 3.46. The number of hydrogen-bond donors (Lipinski definition) is 0. The molecule has 0 radical (unpaired) electrons. The summed E-state index contributed by atoms with van der Waals surface area (Å²) in [5, 5.41) is 0. The van der Waals surface area contributed by atoms with Gasteiger partial charge in [-0.3, -0.25) is 4.79 Å². The van der Waals surface area contributed by atoms with Crippen molar-refractivity contribution in [1.82, 2.24) is 0 Å². The second-order valence-corrected chi connectivity index (χ2v) is 3.89. The fraction of sp³-hybridized carbons (Fsp3) is 0.818. The van der Waals surface area contributed by atoms with Crippen molar-refractivity contribution in [3.8, 4) is 0 Å². The predicted octanol–water partition coefficient (Wildman–Crippen LogP) is 1.80. The van der Waals surface area contributed by atoms with Crippen LogP contribution in [-0.4, -0.2) is 18.9 Å². The number of ether oxygens (including phenoxy) is 1. The quantitative estimate of drug-likeness (QED) is 0.511. The fourth-order valence-electron chi connectivity index (χ4n) is 2.27. The fourth-order valence-corrected chi connectivity index (χ4v) is 2.27. The lowest BCUT2D eigenvalue weighted by molar-refractivity contribution is -0.149. The van der Waals surface area contributed by atoms with Crippen LogP contribution in [0.15, 0.2) is 0 Å². The van der Waals surface area contributed by atoms with Crippen molar-refractivity contribution < 1.29 is 14.3 Å². The number of carbonyl (C=O) groups is 2. The van der Waals surface area contributed by atoms with E-state index in [1.165, 1.54) is 0 Å². The van der Waals surface area contributed by atoms with Crippen molar-refractivity contribution in [2.45, 2.75) is 33.1 Å². The maximum absolute atomic E-state index is 11.5. The Labute approximate surface area is 84.8 Å². The van der Waals surface area contributed by atoms with Crippen LogP contribution in [0, 0.1) is 17.8 Å². The molecule has 1 aliphatic carbocycles. The minimum Gasteiger partial charge on any atom is -0.466 e. The zero-order valence-electron chi connectivity index (χ0n) is 8.86. The van der Waals surface area contributed by atoms with Gasteiger partial charge in [0.05, 0.1) is 12.5 Å². The summed E-state index contributed by atoms with van der Waals surface area (Å²) >= 11 is 0. The molecule has 0 saturated heterocycles. The SMILES string of the molecule is CCOC(=O)C1CC(C=O)CC1CC. The van der Waals surface area contributed by atoms with Gasteiger partial charge >= 0.3 is 5.97 Å². The summed E-state index contributed by atoms with van der Waals surface area (Å²) in [6.45, 7) is 4.30. The van der Waals surface area contributed by atoms with Crippen LogP contribution in [0.25, 0.3) is 0 Å². The molecule has 14 heavy (non-hydrogen) atoms. The first-order valence-corrected chi connectivity index (χ1v) is 5.34. The molecule has 0 aromatic rings. The van der Waals surface area contributed by atoms with Crippen molar-refractivity contribution >= 4 is 12.3 Å². The highest BCUT2D eigenvalue weighted by molar-refractivity contribution is 5.74. The molecule has 0 spiro atoms. The van der Waals surface area contributed by atoms with Crippen molar-refractivity contribution in [2.75, 3.05) is 6.61 Å². The first kappa shape index (κ1) is 11.2. The third-order valence-corrected chi connectivity index (χ3v) is 3.04. The normalized spacial score (nSPS) is 31.4. The molecule has 0 N–H and O–H groups in total. The average molecular weight is 198 g/mol. The Morgan fingerprint density at radius 1 is 1.43 bits per heavy atom. The largest absolute Gasteiger partial charge is 0.466 e. The number of esters is 1. The molecule has 1 fully saturated rings. The Kier molecular flexibility index (Phi) is 4.11. The van der Waals surface area contributed by atoms with E-state index in [-0.39, 0.29) is 17.8 Å². The molecular weight excluding hydrogens is 180 g/mol. The lowest BCUT2D eigenvalue weighted by atomic mass is 9.94. The third kappa shape index (κ3) is 2.34. The van der Waals surface area contributed by atoms with Crippen LogP contribution < -0.4 is 0 Å². The minimum absolute atomic E-state index is 0.0462. The Balaban J connectivity index is 2.58. The standard InChI is InChI=1S/C11H18O3/c1-3-9-5-8(7-12)6-10(9)11(13)14-4-2/h7-10H,3-6H2,1-2H3. The monoisotopic (exact) mass is 198 g/mol. The highest BCUT2D eigenvalue weighted by Crippen LogP contribution is 2.38. The second kappa shape index (κ2) is 5.13. The first-order valence-electron chi connectivity index (χ1n) is 5.34. The number of carbonyl (C=O) groups excluding carboxylic acids is 2. The molecule has 0 heterocycles. The van der Waals surface area contributed by atoms with Crippen LogP contribution in [0.1, 0.15) is 33.1 Å². The van der Waals surface area contributed by atoms with Crippen molar-refractivity contribution in [3.05, 3.63) is 0 Å². The summed E-state index contributed by atoms with van der Waals surface area (Å²) in [7, 11) is 0. The van der Waals surface area contributed by atoms with Gasteiger partial charge < -0.3 is 9.53 Å². The molecule has 3 heteroatoms. The van der Waals surface area contributed by atoms with E-state index < -0.39 is 0 Å². The predicted molar refractivity (Wildman–Crippen MR) is 52.7 cm³/mol. The Bertz CT molecular complexity index is 213. The molecule has 3 nitrogen and oxygen atoms in total. The third-order valence-electron chi connectivity index (χ3n) is 3.04. The summed E-state index contributed by atoms with van der Waals surface area (Å²) in [4.78, 5) is 22.2. The van der Waals surface area contributed by atoms with E-state index in [2.05, 4.69) is 6.92 Å². The van der Waals surface area contributed by atoms with Crippen LogP contribution in [0.4, 0.5) is 0 Å². The van der Waals surface area contributed by atoms with E-state index in [4.69, 9.17) is 4.74 Å². The summed E-state index contributed by atoms with van der Waals surface area (Å²) in [5.41, 5.74) is 0. The molecule has 1 aliphatic rings. The van der Waals surface area contributed by atoms with Crippen molar-refractivity contribution in [2.24, 2.45) is 17.8 Å². The highest BCUT2D eigenvalue weighted by Gasteiger charge is 2.38. The Morgan fingerprint density at radius 2 is 2.14 bits per heavy atom. The second-order valence-electron chi connectivity index (χ2n) is 3.89. The van der Waals surface area contributed by atoms with Crippen LogP contribution in [0.3, 0.4) is 0 Å². The smallest absolute Gasteiger partial charge is 0.309 e. The van der Waals surface area contributed by atoms with Gasteiger partial charge in [-0.25, -0.2) is 0 Å². The molecule has 0 aliphatic heterocycles. The molecule has 0 amide bonds. The topological polar surface area (TPSA) is 43.4 Å². The van der Waals surface area contributed by atoms with Gasteiger partial charge in [0, 0.05) is 5.92 Å². The van der Waals surface area contributed by atoms with Gasteiger partial charge in [-0.1, -0.05) is 13.3 Å². The van der Waals surface area contributed by atoms with Crippen molar-refractivity contribution in [1.29, 1.82) is 0 Å². The van der Waals surface area contributed by atoms with Crippen LogP contribution in [0.5, 0.6) is 0 Å². The van der Waals surface area contributed by atoms with Gasteiger partial charge in [-0.15, -0.1) is 0 Å². The van der Waals surface area contributed by atoms with E-state index in [1.54, 1.807) is 0 Å². The number of rotatable bonds is 4. The van der Waals surface area contributed by atoms with Gasteiger partial charge in [-0.2, -0.15) is 0 Å². The van der Waals surface area contributed by atoms with Gasteiger partial charge in [-0.05, 0) is 25.7 Å².